The highest BCUT2D eigenvalue weighted by molar-refractivity contribution is 7.90. The molecular formula is C11H11NO3S2. The Morgan fingerprint density at radius 2 is 2.24 bits per heavy atom. The minimum atomic E-state index is -3.10. The van der Waals surface area contributed by atoms with Crippen molar-refractivity contribution >= 4 is 37.2 Å². The van der Waals surface area contributed by atoms with Gasteiger partial charge < -0.3 is 0 Å². The summed E-state index contributed by atoms with van der Waals surface area (Å²) in [7, 11) is -3.10. The van der Waals surface area contributed by atoms with Gasteiger partial charge in [-0.1, -0.05) is 0 Å². The standard InChI is InChI=1S/C11H11NO3S2/c1-17(14,15)5-3-10(13)8-6-11-9(12-7-8)2-4-16-11/h2,4,6-7H,3,5H2,1H3. The minimum absolute atomic E-state index is 0.0113. The summed E-state index contributed by atoms with van der Waals surface area (Å²) in [5.74, 6) is -0.299. The molecule has 4 nitrogen and oxygen atoms in total. The topological polar surface area (TPSA) is 64.1 Å². The van der Waals surface area contributed by atoms with Crippen LogP contribution in [0.15, 0.2) is 23.7 Å². The molecule has 0 aliphatic rings. The summed E-state index contributed by atoms with van der Waals surface area (Å²) < 4.78 is 22.9. The van der Waals surface area contributed by atoms with Gasteiger partial charge in [0.25, 0.3) is 0 Å². The van der Waals surface area contributed by atoms with Gasteiger partial charge in [-0.25, -0.2) is 8.42 Å². The Labute approximate surface area is 103 Å². The lowest BCUT2D eigenvalue weighted by Crippen LogP contribution is -2.09. The second kappa shape index (κ2) is 4.54. The van der Waals surface area contributed by atoms with Gasteiger partial charge in [0.05, 0.1) is 16.0 Å². The number of carbonyl (C=O) groups excluding carboxylic acids is 1. The fourth-order valence-electron chi connectivity index (χ4n) is 1.42. The van der Waals surface area contributed by atoms with Crippen LogP contribution in [0.5, 0.6) is 0 Å². The van der Waals surface area contributed by atoms with Crippen LogP contribution in [-0.4, -0.2) is 31.2 Å². The summed E-state index contributed by atoms with van der Waals surface area (Å²) >= 11 is 1.51. The molecule has 0 N–H and O–H groups in total. The first-order valence-electron chi connectivity index (χ1n) is 5.00. The number of nitrogens with zero attached hydrogens (tertiary/aromatic N) is 1. The average Bonchev–Trinajstić information content (AvgIpc) is 2.71. The van der Waals surface area contributed by atoms with Crippen LogP contribution in [0.3, 0.4) is 0 Å². The Bertz CT molecular complexity index is 658. The van der Waals surface area contributed by atoms with E-state index in [0.717, 1.165) is 16.5 Å². The van der Waals surface area contributed by atoms with Crippen LogP contribution in [0.25, 0.3) is 10.2 Å². The van der Waals surface area contributed by atoms with E-state index in [2.05, 4.69) is 4.98 Å². The highest BCUT2D eigenvalue weighted by Gasteiger charge is 2.11. The van der Waals surface area contributed by atoms with Gasteiger partial charge in [-0.3, -0.25) is 9.78 Å². The molecule has 2 rings (SSSR count). The third-order valence-electron chi connectivity index (χ3n) is 2.32. The number of carbonyl (C=O) groups is 1. The van der Waals surface area contributed by atoms with Crippen molar-refractivity contribution in [3.8, 4) is 0 Å². The minimum Gasteiger partial charge on any atom is -0.294 e. The molecule has 0 amide bonds. The molecule has 0 aromatic carbocycles. The maximum atomic E-state index is 11.8. The molecule has 17 heavy (non-hydrogen) atoms. The molecule has 2 heterocycles. The van der Waals surface area contributed by atoms with Gasteiger partial charge in [-0.2, -0.15) is 0 Å². The van der Waals surface area contributed by atoms with E-state index in [-0.39, 0.29) is 18.0 Å². The lowest BCUT2D eigenvalue weighted by molar-refractivity contribution is 0.0988. The van der Waals surface area contributed by atoms with Gasteiger partial charge in [0.15, 0.2) is 5.78 Å². The molecule has 0 bridgehead atoms. The number of thiophene rings is 1. The SMILES string of the molecule is CS(=O)(=O)CCC(=O)c1cnc2ccsc2c1. The van der Waals surface area contributed by atoms with Gasteiger partial charge in [0.1, 0.15) is 9.84 Å². The zero-order chi connectivity index (χ0) is 12.5. The van der Waals surface area contributed by atoms with Crippen molar-refractivity contribution in [2.75, 3.05) is 12.0 Å². The highest BCUT2D eigenvalue weighted by atomic mass is 32.2. The van der Waals surface area contributed by atoms with Gasteiger partial charge in [-0.15, -0.1) is 11.3 Å². The van der Waals surface area contributed by atoms with Crippen LogP contribution >= 0.6 is 11.3 Å². The maximum absolute atomic E-state index is 11.8. The number of sulfone groups is 1. The largest absolute Gasteiger partial charge is 0.294 e. The molecular weight excluding hydrogens is 258 g/mol. The zero-order valence-corrected chi connectivity index (χ0v) is 10.8. The van der Waals surface area contributed by atoms with E-state index >= 15 is 0 Å². The summed E-state index contributed by atoms with van der Waals surface area (Å²) in [6.07, 6.45) is 2.64. The van der Waals surface area contributed by atoms with Crippen molar-refractivity contribution in [1.29, 1.82) is 0 Å². The second-order valence-corrected chi connectivity index (χ2v) is 7.04. The summed E-state index contributed by atoms with van der Waals surface area (Å²) in [6.45, 7) is 0. The van der Waals surface area contributed by atoms with Crippen molar-refractivity contribution in [3.05, 3.63) is 29.3 Å². The van der Waals surface area contributed by atoms with E-state index in [0.29, 0.717) is 5.56 Å². The molecule has 0 spiro atoms. The van der Waals surface area contributed by atoms with E-state index in [1.165, 1.54) is 17.5 Å². The lowest BCUT2D eigenvalue weighted by Gasteiger charge is -2.00. The summed E-state index contributed by atoms with van der Waals surface area (Å²) in [5, 5.41) is 1.91. The number of aromatic nitrogens is 1. The van der Waals surface area contributed by atoms with Gasteiger partial charge >= 0.3 is 0 Å². The molecule has 0 aliphatic heterocycles. The van der Waals surface area contributed by atoms with Crippen LogP contribution in [0.1, 0.15) is 16.8 Å². The van der Waals surface area contributed by atoms with Crippen LogP contribution in [-0.2, 0) is 9.84 Å². The average molecular weight is 269 g/mol. The number of hydrogen-bond acceptors (Lipinski definition) is 5. The van der Waals surface area contributed by atoms with Crippen LogP contribution in [0, 0.1) is 0 Å². The summed E-state index contributed by atoms with van der Waals surface area (Å²) in [5.41, 5.74) is 1.33. The number of pyridine rings is 1. The molecule has 2 aromatic heterocycles. The van der Waals surface area contributed by atoms with Crippen LogP contribution in [0.4, 0.5) is 0 Å². The molecule has 6 heteroatoms. The predicted octanol–water partition coefficient (Wildman–Crippen LogP) is 1.91. The van der Waals surface area contributed by atoms with E-state index < -0.39 is 9.84 Å². The highest BCUT2D eigenvalue weighted by Crippen LogP contribution is 2.20. The first-order chi connectivity index (χ1) is 7.96. The lowest BCUT2D eigenvalue weighted by atomic mass is 10.1. The van der Waals surface area contributed by atoms with E-state index in [9.17, 15) is 13.2 Å². The molecule has 0 saturated carbocycles. The van der Waals surface area contributed by atoms with Crippen LogP contribution in [0.2, 0.25) is 0 Å². The smallest absolute Gasteiger partial charge is 0.165 e. The Morgan fingerprint density at radius 1 is 1.47 bits per heavy atom. The monoisotopic (exact) mass is 269 g/mol. The number of rotatable bonds is 4. The van der Waals surface area contributed by atoms with Gasteiger partial charge in [-0.05, 0) is 17.5 Å². The third-order valence-corrected chi connectivity index (χ3v) is 4.12. The number of Topliss-reactive ketones (excluding diaryl/α,β-unsaturated/α-hetero) is 1. The Balaban J connectivity index is 2.18. The predicted molar refractivity (Wildman–Crippen MR) is 68.3 cm³/mol. The molecule has 2 aromatic rings. The number of ketones is 1. The molecule has 0 atom stereocenters. The fourth-order valence-corrected chi connectivity index (χ4v) is 2.76. The molecule has 0 radical (unpaired) electrons. The zero-order valence-electron chi connectivity index (χ0n) is 9.21. The summed E-state index contributed by atoms with van der Waals surface area (Å²) in [4.78, 5) is 15.9. The van der Waals surface area contributed by atoms with Crippen molar-refractivity contribution in [3.63, 3.8) is 0 Å². The van der Waals surface area contributed by atoms with Crippen molar-refractivity contribution in [1.82, 2.24) is 4.98 Å². The Kier molecular flexibility index (Phi) is 3.26. The normalized spacial score (nSPS) is 11.8. The summed E-state index contributed by atoms with van der Waals surface area (Å²) in [6, 6.07) is 3.64. The van der Waals surface area contributed by atoms with Crippen molar-refractivity contribution in [2.45, 2.75) is 6.42 Å². The van der Waals surface area contributed by atoms with E-state index in [1.807, 2.05) is 11.4 Å². The number of fused-ring (bicyclic) bond motifs is 1. The quantitative estimate of drug-likeness (QED) is 0.795. The van der Waals surface area contributed by atoms with Gasteiger partial charge in [0, 0.05) is 24.4 Å². The maximum Gasteiger partial charge on any atom is 0.165 e. The Morgan fingerprint density at radius 3 is 2.94 bits per heavy atom. The van der Waals surface area contributed by atoms with Crippen molar-refractivity contribution < 1.29 is 13.2 Å². The second-order valence-electron chi connectivity index (χ2n) is 3.83. The Hall–Kier alpha value is -1.27. The van der Waals surface area contributed by atoms with Crippen molar-refractivity contribution in [2.24, 2.45) is 0 Å². The fraction of sp³-hybridized carbons (Fsp3) is 0.273. The molecule has 0 fully saturated rings. The van der Waals surface area contributed by atoms with Crippen LogP contribution < -0.4 is 0 Å². The van der Waals surface area contributed by atoms with E-state index in [4.69, 9.17) is 0 Å². The first kappa shape index (κ1) is 12.2. The molecule has 0 aliphatic carbocycles. The molecule has 90 valence electrons. The molecule has 0 saturated heterocycles. The molecule has 0 unspecified atom stereocenters. The van der Waals surface area contributed by atoms with E-state index in [1.54, 1.807) is 6.07 Å². The van der Waals surface area contributed by atoms with Gasteiger partial charge in [0.2, 0.25) is 0 Å². The first-order valence-corrected chi connectivity index (χ1v) is 7.94. The number of hydrogen-bond donors (Lipinski definition) is 0. The third kappa shape index (κ3) is 3.10.